The topological polar surface area (TPSA) is 63.6 Å². The number of hydrogen-bond acceptors (Lipinski definition) is 3. The minimum absolute atomic E-state index is 0.169. The largest absolute Gasteiger partial charge is 0.478 e. The lowest BCUT2D eigenvalue weighted by Gasteiger charge is -2.13. The van der Waals surface area contributed by atoms with E-state index < -0.39 is 18.0 Å². The first-order valence-corrected chi connectivity index (χ1v) is 4.66. The lowest BCUT2D eigenvalue weighted by Crippen LogP contribution is -2.19. The van der Waals surface area contributed by atoms with Gasteiger partial charge in [-0.1, -0.05) is 36.9 Å². The predicted molar refractivity (Wildman–Crippen MR) is 57.7 cm³/mol. The zero-order chi connectivity index (χ0) is 12.1. The lowest BCUT2D eigenvalue weighted by atomic mass is 10.1. The van der Waals surface area contributed by atoms with Crippen LogP contribution in [0.5, 0.6) is 0 Å². The molecule has 0 heterocycles. The Bertz CT molecular complexity index is 408. The number of hydrogen-bond donors (Lipinski definition) is 1. The summed E-state index contributed by atoms with van der Waals surface area (Å²) in [6.45, 7) is 4.86. The van der Waals surface area contributed by atoms with E-state index in [2.05, 4.69) is 6.58 Å². The number of carbonyl (C=O) groups excluding carboxylic acids is 1. The summed E-state index contributed by atoms with van der Waals surface area (Å²) in [5.41, 5.74) is 0.590. The van der Waals surface area contributed by atoms with Gasteiger partial charge in [-0.15, -0.1) is 0 Å². The Morgan fingerprint density at radius 3 is 2.31 bits per heavy atom. The van der Waals surface area contributed by atoms with Crippen molar-refractivity contribution in [3.63, 3.8) is 0 Å². The van der Waals surface area contributed by atoms with Crippen LogP contribution in [0.25, 0.3) is 0 Å². The summed E-state index contributed by atoms with van der Waals surface area (Å²) in [4.78, 5) is 22.2. The minimum Gasteiger partial charge on any atom is -0.478 e. The highest BCUT2D eigenvalue weighted by molar-refractivity contribution is 5.89. The first kappa shape index (κ1) is 12.0. The van der Waals surface area contributed by atoms with Gasteiger partial charge in [-0.2, -0.15) is 0 Å². The van der Waals surface area contributed by atoms with E-state index in [0.717, 1.165) is 0 Å². The molecule has 1 unspecified atom stereocenters. The van der Waals surface area contributed by atoms with E-state index in [-0.39, 0.29) is 5.57 Å². The summed E-state index contributed by atoms with van der Waals surface area (Å²) in [5, 5.41) is 8.95. The van der Waals surface area contributed by atoms with Gasteiger partial charge in [-0.05, 0) is 6.92 Å². The van der Waals surface area contributed by atoms with Gasteiger partial charge in [-0.25, -0.2) is 9.59 Å². The number of ether oxygens (including phenoxy) is 1. The molecule has 4 nitrogen and oxygen atoms in total. The summed E-state index contributed by atoms with van der Waals surface area (Å²) in [7, 11) is 0. The molecule has 0 aliphatic heterocycles. The number of carboxylic acid groups (broad SMARTS) is 1. The molecule has 0 spiro atoms. The maximum Gasteiger partial charge on any atom is 0.349 e. The number of aliphatic carboxylic acids is 1. The van der Waals surface area contributed by atoms with Gasteiger partial charge in [0.2, 0.25) is 6.10 Å². The van der Waals surface area contributed by atoms with E-state index in [4.69, 9.17) is 9.84 Å². The molecule has 0 aromatic heterocycles. The van der Waals surface area contributed by atoms with Crippen molar-refractivity contribution in [2.75, 3.05) is 0 Å². The zero-order valence-corrected chi connectivity index (χ0v) is 8.84. The van der Waals surface area contributed by atoms with E-state index in [1.54, 1.807) is 30.3 Å². The Morgan fingerprint density at radius 1 is 1.31 bits per heavy atom. The molecular weight excluding hydrogens is 208 g/mol. The van der Waals surface area contributed by atoms with Crippen molar-refractivity contribution < 1.29 is 19.4 Å². The Hall–Kier alpha value is -2.10. The third kappa shape index (κ3) is 2.95. The van der Waals surface area contributed by atoms with E-state index in [9.17, 15) is 9.59 Å². The average molecular weight is 220 g/mol. The molecule has 0 saturated heterocycles. The second-order valence-corrected chi connectivity index (χ2v) is 3.31. The molecule has 16 heavy (non-hydrogen) atoms. The first-order chi connectivity index (χ1) is 7.52. The highest BCUT2D eigenvalue weighted by atomic mass is 16.6. The van der Waals surface area contributed by atoms with Crippen LogP contribution < -0.4 is 0 Å². The van der Waals surface area contributed by atoms with Crippen molar-refractivity contribution in [2.24, 2.45) is 0 Å². The second kappa shape index (κ2) is 5.11. The van der Waals surface area contributed by atoms with Gasteiger partial charge in [0.15, 0.2) is 0 Å². The molecule has 0 fully saturated rings. The van der Waals surface area contributed by atoms with Gasteiger partial charge in [0.25, 0.3) is 0 Å². The quantitative estimate of drug-likeness (QED) is 0.622. The Labute approximate surface area is 93.2 Å². The van der Waals surface area contributed by atoms with Gasteiger partial charge in [-0.3, -0.25) is 0 Å². The van der Waals surface area contributed by atoms with Crippen LogP contribution in [-0.4, -0.2) is 17.0 Å². The lowest BCUT2D eigenvalue weighted by molar-refractivity contribution is -0.161. The van der Waals surface area contributed by atoms with Crippen LogP contribution in [0.4, 0.5) is 0 Å². The summed E-state index contributed by atoms with van der Waals surface area (Å²) in [6, 6.07) is 8.29. The normalized spacial score (nSPS) is 11.6. The maximum atomic E-state index is 11.2. The van der Waals surface area contributed by atoms with Crippen molar-refractivity contribution in [1.82, 2.24) is 0 Å². The smallest absolute Gasteiger partial charge is 0.349 e. The number of esters is 1. The predicted octanol–water partition coefficient (Wildman–Crippen LogP) is 1.93. The average Bonchev–Trinajstić information content (AvgIpc) is 2.26. The van der Waals surface area contributed by atoms with Crippen molar-refractivity contribution >= 4 is 11.9 Å². The molecule has 0 saturated carbocycles. The van der Waals surface area contributed by atoms with Crippen LogP contribution in [0.3, 0.4) is 0 Å². The molecule has 0 aliphatic carbocycles. The van der Waals surface area contributed by atoms with Gasteiger partial charge in [0, 0.05) is 11.1 Å². The Morgan fingerprint density at radius 2 is 1.88 bits per heavy atom. The number of benzene rings is 1. The summed E-state index contributed by atoms with van der Waals surface area (Å²) >= 11 is 0. The third-order valence-corrected chi connectivity index (χ3v) is 1.90. The van der Waals surface area contributed by atoms with Crippen LogP contribution in [0.15, 0.2) is 42.5 Å². The van der Waals surface area contributed by atoms with E-state index in [1.165, 1.54) is 6.92 Å². The number of rotatable bonds is 4. The van der Waals surface area contributed by atoms with Gasteiger partial charge in [0.05, 0.1) is 0 Å². The molecule has 1 aromatic carbocycles. The second-order valence-electron chi connectivity index (χ2n) is 3.31. The fraction of sp³-hybridized carbons (Fsp3) is 0.167. The molecule has 1 atom stereocenters. The Kier molecular flexibility index (Phi) is 3.83. The number of carbonyl (C=O) groups is 2. The van der Waals surface area contributed by atoms with Crippen LogP contribution in [-0.2, 0) is 14.3 Å². The number of carboxylic acids is 1. The van der Waals surface area contributed by atoms with Gasteiger partial charge < -0.3 is 9.84 Å². The fourth-order valence-corrected chi connectivity index (χ4v) is 1.10. The monoisotopic (exact) mass is 220 g/mol. The Balaban J connectivity index is 2.89. The van der Waals surface area contributed by atoms with Crippen molar-refractivity contribution in [2.45, 2.75) is 13.0 Å². The molecule has 84 valence electrons. The van der Waals surface area contributed by atoms with Crippen LogP contribution in [0.1, 0.15) is 18.6 Å². The molecule has 1 aromatic rings. The molecule has 1 N–H and O–H groups in total. The van der Waals surface area contributed by atoms with E-state index in [1.807, 2.05) is 0 Å². The maximum absolute atomic E-state index is 11.2. The molecule has 0 amide bonds. The van der Waals surface area contributed by atoms with Crippen LogP contribution in [0.2, 0.25) is 0 Å². The first-order valence-electron chi connectivity index (χ1n) is 4.66. The molecule has 0 bridgehead atoms. The summed E-state index contributed by atoms with van der Waals surface area (Å²) in [6.07, 6.45) is -1.29. The third-order valence-electron chi connectivity index (χ3n) is 1.90. The highest BCUT2D eigenvalue weighted by Crippen LogP contribution is 2.18. The van der Waals surface area contributed by atoms with Crippen molar-refractivity contribution in [3.05, 3.63) is 48.0 Å². The highest BCUT2D eigenvalue weighted by Gasteiger charge is 2.24. The zero-order valence-electron chi connectivity index (χ0n) is 8.84. The summed E-state index contributed by atoms with van der Waals surface area (Å²) < 4.78 is 4.82. The summed E-state index contributed by atoms with van der Waals surface area (Å²) in [5.74, 6) is -1.92. The van der Waals surface area contributed by atoms with Crippen LogP contribution in [0, 0.1) is 0 Å². The fourth-order valence-electron chi connectivity index (χ4n) is 1.10. The molecule has 4 heteroatoms. The van der Waals surface area contributed by atoms with Crippen LogP contribution >= 0.6 is 0 Å². The van der Waals surface area contributed by atoms with Crippen molar-refractivity contribution in [1.29, 1.82) is 0 Å². The standard InChI is InChI=1S/C12H12O4/c1-8(2)12(15)16-10(11(13)14)9-6-4-3-5-7-9/h3-7,10H,1H2,2H3,(H,13,14). The van der Waals surface area contributed by atoms with E-state index >= 15 is 0 Å². The van der Waals surface area contributed by atoms with E-state index in [0.29, 0.717) is 5.56 Å². The SMILES string of the molecule is C=C(C)C(=O)OC(C(=O)O)c1ccccc1. The molecule has 1 rings (SSSR count). The molecule has 0 radical (unpaired) electrons. The molecule has 0 aliphatic rings. The van der Waals surface area contributed by atoms with Gasteiger partial charge in [0.1, 0.15) is 0 Å². The van der Waals surface area contributed by atoms with Crippen molar-refractivity contribution in [3.8, 4) is 0 Å². The minimum atomic E-state index is -1.29. The molecular formula is C12H12O4. The van der Waals surface area contributed by atoms with Gasteiger partial charge >= 0.3 is 11.9 Å².